The van der Waals surface area contributed by atoms with Crippen molar-refractivity contribution in [3.05, 3.63) is 45.2 Å². The highest BCUT2D eigenvalue weighted by Crippen LogP contribution is 2.33. The highest BCUT2D eigenvalue weighted by Gasteiger charge is 2.23. The lowest BCUT2D eigenvalue weighted by atomic mass is 10.1. The van der Waals surface area contributed by atoms with Crippen LogP contribution >= 0.6 is 11.3 Å². The molecule has 0 aromatic carbocycles. The summed E-state index contributed by atoms with van der Waals surface area (Å²) in [5.74, 6) is -1.43. The van der Waals surface area contributed by atoms with Crippen LogP contribution in [-0.2, 0) is 6.42 Å². The Labute approximate surface area is 148 Å². The topological polar surface area (TPSA) is 96.6 Å². The normalized spacial score (nSPS) is 11.0. The quantitative estimate of drug-likeness (QED) is 0.746. The Kier molecular flexibility index (Phi) is 4.30. The summed E-state index contributed by atoms with van der Waals surface area (Å²) < 4.78 is 1.61. The number of hydrogen-bond acceptors (Lipinski definition) is 5. The van der Waals surface area contributed by atoms with Crippen LogP contribution in [0.5, 0.6) is 0 Å². The van der Waals surface area contributed by atoms with E-state index < -0.39 is 11.9 Å². The van der Waals surface area contributed by atoms with Gasteiger partial charge in [0.05, 0.1) is 22.5 Å². The number of nitrogens with zero attached hydrogens (tertiary/aromatic N) is 3. The van der Waals surface area contributed by atoms with Crippen LogP contribution in [0.1, 0.15) is 49.5 Å². The second-order valence-corrected chi connectivity index (χ2v) is 6.99. The molecule has 0 radical (unpaired) electrons. The summed E-state index contributed by atoms with van der Waals surface area (Å²) in [6.45, 7) is 7.39. The van der Waals surface area contributed by atoms with Gasteiger partial charge in [0.1, 0.15) is 5.00 Å². The number of aromatic carboxylic acids is 1. The maximum absolute atomic E-state index is 12.7. The van der Waals surface area contributed by atoms with E-state index >= 15 is 0 Å². The maximum atomic E-state index is 12.7. The molecule has 0 aliphatic carbocycles. The third-order valence-corrected chi connectivity index (χ3v) is 5.16. The van der Waals surface area contributed by atoms with Crippen LogP contribution in [0.2, 0.25) is 0 Å². The zero-order chi connectivity index (χ0) is 18.3. The van der Waals surface area contributed by atoms with Crippen LogP contribution in [0.3, 0.4) is 0 Å². The van der Waals surface area contributed by atoms with E-state index in [-0.39, 0.29) is 5.56 Å². The van der Waals surface area contributed by atoms with Gasteiger partial charge in [-0.15, -0.1) is 11.3 Å². The number of fused-ring (bicyclic) bond motifs is 1. The number of thiophene rings is 1. The van der Waals surface area contributed by atoms with E-state index in [4.69, 9.17) is 0 Å². The maximum Gasteiger partial charge on any atom is 0.339 e. The Balaban J connectivity index is 2.01. The molecule has 3 heterocycles. The molecule has 1 amide bonds. The zero-order valence-electron chi connectivity index (χ0n) is 14.4. The minimum atomic E-state index is -1.04. The first kappa shape index (κ1) is 17.1. The van der Waals surface area contributed by atoms with Crippen molar-refractivity contribution in [2.45, 2.75) is 34.1 Å². The van der Waals surface area contributed by atoms with Gasteiger partial charge < -0.3 is 10.4 Å². The summed E-state index contributed by atoms with van der Waals surface area (Å²) in [6, 6.07) is 1.83. The van der Waals surface area contributed by atoms with Gasteiger partial charge >= 0.3 is 5.97 Å². The molecule has 130 valence electrons. The molecule has 0 aliphatic rings. The Morgan fingerprint density at radius 3 is 2.68 bits per heavy atom. The number of rotatable bonds is 4. The van der Waals surface area contributed by atoms with Crippen molar-refractivity contribution in [1.29, 1.82) is 0 Å². The zero-order valence-corrected chi connectivity index (χ0v) is 15.2. The first-order valence-corrected chi connectivity index (χ1v) is 8.64. The highest BCUT2D eigenvalue weighted by atomic mass is 32.1. The van der Waals surface area contributed by atoms with Crippen molar-refractivity contribution in [2.75, 3.05) is 5.32 Å². The van der Waals surface area contributed by atoms with E-state index in [1.54, 1.807) is 11.4 Å². The predicted octanol–water partition coefficient (Wildman–Crippen LogP) is 3.23. The van der Waals surface area contributed by atoms with Gasteiger partial charge in [0.15, 0.2) is 5.65 Å². The SMILES string of the molecule is CCc1c(C)sc(NC(=O)c2cnc3cc(C)nn3c2C)c1C(=O)O. The van der Waals surface area contributed by atoms with Gasteiger partial charge in [0, 0.05) is 17.1 Å². The lowest BCUT2D eigenvalue weighted by Crippen LogP contribution is -2.17. The number of hydrogen-bond donors (Lipinski definition) is 2. The van der Waals surface area contributed by atoms with Gasteiger partial charge in [0.25, 0.3) is 5.91 Å². The van der Waals surface area contributed by atoms with Crippen molar-refractivity contribution in [1.82, 2.24) is 14.6 Å². The molecule has 0 atom stereocenters. The summed E-state index contributed by atoms with van der Waals surface area (Å²) in [5.41, 5.74) is 3.40. The molecule has 0 saturated heterocycles. The molecule has 0 unspecified atom stereocenters. The van der Waals surface area contributed by atoms with E-state index in [2.05, 4.69) is 15.4 Å². The predicted molar refractivity (Wildman–Crippen MR) is 95.8 cm³/mol. The molecule has 0 bridgehead atoms. The second-order valence-electron chi connectivity index (χ2n) is 5.77. The minimum Gasteiger partial charge on any atom is -0.478 e. The van der Waals surface area contributed by atoms with Gasteiger partial charge in [-0.25, -0.2) is 14.3 Å². The molecule has 7 nitrogen and oxygen atoms in total. The molecular formula is C17H18N4O3S. The number of aryl methyl sites for hydroxylation is 3. The number of anilines is 1. The fourth-order valence-electron chi connectivity index (χ4n) is 2.87. The molecule has 8 heteroatoms. The van der Waals surface area contributed by atoms with Gasteiger partial charge in [-0.3, -0.25) is 4.79 Å². The molecule has 25 heavy (non-hydrogen) atoms. The highest BCUT2D eigenvalue weighted by molar-refractivity contribution is 7.16. The number of aromatic nitrogens is 3. The molecule has 3 aromatic heterocycles. The van der Waals surface area contributed by atoms with E-state index in [0.717, 1.165) is 16.1 Å². The summed E-state index contributed by atoms with van der Waals surface area (Å²) in [6.07, 6.45) is 2.09. The average Bonchev–Trinajstić information content (AvgIpc) is 3.07. The number of carboxylic acids is 1. The molecule has 2 N–H and O–H groups in total. The van der Waals surface area contributed by atoms with Crippen molar-refractivity contribution in [2.24, 2.45) is 0 Å². The van der Waals surface area contributed by atoms with Crippen LogP contribution in [0.25, 0.3) is 5.65 Å². The van der Waals surface area contributed by atoms with Crippen molar-refractivity contribution in [3.63, 3.8) is 0 Å². The smallest absolute Gasteiger partial charge is 0.339 e. The Bertz CT molecular complexity index is 1000. The van der Waals surface area contributed by atoms with E-state index in [9.17, 15) is 14.7 Å². The summed E-state index contributed by atoms with van der Waals surface area (Å²) >= 11 is 1.27. The van der Waals surface area contributed by atoms with E-state index in [1.165, 1.54) is 17.5 Å². The third-order valence-electron chi connectivity index (χ3n) is 4.09. The van der Waals surface area contributed by atoms with Gasteiger partial charge in [-0.2, -0.15) is 5.10 Å². The van der Waals surface area contributed by atoms with Crippen LogP contribution in [0.4, 0.5) is 5.00 Å². The fraction of sp³-hybridized carbons (Fsp3) is 0.294. The van der Waals surface area contributed by atoms with Crippen molar-refractivity contribution >= 4 is 33.9 Å². The van der Waals surface area contributed by atoms with Gasteiger partial charge in [0.2, 0.25) is 0 Å². The van der Waals surface area contributed by atoms with E-state index in [1.807, 2.05) is 26.8 Å². The summed E-state index contributed by atoms with van der Waals surface area (Å²) in [4.78, 5) is 29.4. The lowest BCUT2D eigenvalue weighted by molar-refractivity contribution is 0.0697. The van der Waals surface area contributed by atoms with Crippen LogP contribution in [-0.4, -0.2) is 31.6 Å². The molecule has 0 saturated carbocycles. The number of nitrogens with one attached hydrogen (secondary N) is 1. The number of carboxylic acid groups (broad SMARTS) is 1. The molecular weight excluding hydrogens is 340 g/mol. The van der Waals surface area contributed by atoms with Crippen LogP contribution < -0.4 is 5.32 Å². The molecule has 3 aromatic rings. The Morgan fingerprint density at radius 1 is 1.32 bits per heavy atom. The minimum absolute atomic E-state index is 0.167. The standard InChI is InChI=1S/C17H18N4O3S/c1-5-11-10(4)25-16(14(11)17(23)24)19-15(22)12-7-18-13-6-8(2)20-21(13)9(12)3/h6-7H,5H2,1-4H3,(H,19,22)(H,23,24). The molecule has 0 aliphatic heterocycles. The first-order chi connectivity index (χ1) is 11.8. The van der Waals surface area contributed by atoms with Gasteiger partial charge in [-0.1, -0.05) is 6.92 Å². The summed E-state index contributed by atoms with van der Waals surface area (Å²) in [7, 11) is 0. The average molecular weight is 358 g/mol. The number of amides is 1. The Hall–Kier alpha value is -2.74. The first-order valence-electron chi connectivity index (χ1n) is 7.82. The number of carbonyl (C=O) groups excluding carboxylic acids is 1. The molecule has 0 spiro atoms. The van der Waals surface area contributed by atoms with Gasteiger partial charge in [-0.05, 0) is 32.8 Å². The van der Waals surface area contributed by atoms with Crippen LogP contribution in [0, 0.1) is 20.8 Å². The Morgan fingerprint density at radius 2 is 2.04 bits per heavy atom. The molecule has 0 fully saturated rings. The fourth-order valence-corrected chi connectivity index (χ4v) is 4.01. The van der Waals surface area contributed by atoms with Crippen LogP contribution in [0.15, 0.2) is 12.3 Å². The lowest BCUT2D eigenvalue weighted by Gasteiger charge is -2.08. The summed E-state index contributed by atoms with van der Waals surface area (Å²) in [5, 5.41) is 16.9. The monoisotopic (exact) mass is 358 g/mol. The second kappa shape index (κ2) is 6.29. The number of carbonyl (C=O) groups is 2. The van der Waals surface area contributed by atoms with Crippen molar-refractivity contribution < 1.29 is 14.7 Å². The molecule has 3 rings (SSSR count). The largest absolute Gasteiger partial charge is 0.478 e. The third kappa shape index (κ3) is 2.89. The van der Waals surface area contributed by atoms with E-state index in [0.29, 0.717) is 28.3 Å². The van der Waals surface area contributed by atoms with Crippen molar-refractivity contribution in [3.8, 4) is 0 Å².